The minimum atomic E-state index is -1.64. The summed E-state index contributed by atoms with van der Waals surface area (Å²) in [4.78, 5) is 37.9. The van der Waals surface area contributed by atoms with Crippen LogP contribution in [0, 0.1) is 23.2 Å². The zero-order valence-electron chi connectivity index (χ0n) is 23.2. The molecule has 0 radical (unpaired) electrons. The summed E-state index contributed by atoms with van der Waals surface area (Å²) in [6, 6.07) is 1.72. The number of aliphatic hydroxyl groups is 4. The van der Waals surface area contributed by atoms with Gasteiger partial charge in [-0.2, -0.15) is 0 Å². The number of hydrogen-bond donors (Lipinski definition) is 4. The molecule has 0 amide bonds. The number of aliphatic hydroxyl groups excluding tert-OH is 4. The Morgan fingerprint density at radius 1 is 1.05 bits per heavy atom. The molecule has 1 aromatic heterocycles. The van der Waals surface area contributed by atoms with Crippen molar-refractivity contribution >= 4 is 17.9 Å². The van der Waals surface area contributed by atoms with E-state index >= 15 is 0 Å². The third kappa shape index (κ3) is 5.51. The van der Waals surface area contributed by atoms with Gasteiger partial charge in [0.05, 0.1) is 31.2 Å². The van der Waals surface area contributed by atoms with Gasteiger partial charge in [0.1, 0.15) is 42.7 Å². The maximum Gasteiger partial charge on any atom is 0.310 e. The predicted octanol–water partition coefficient (Wildman–Crippen LogP) is 0.369. The molecule has 4 aliphatic rings. The van der Waals surface area contributed by atoms with Crippen LogP contribution in [-0.2, 0) is 38.1 Å². The van der Waals surface area contributed by atoms with Crippen molar-refractivity contribution in [1.82, 2.24) is 0 Å². The highest BCUT2D eigenvalue weighted by atomic mass is 16.7. The molecule has 4 fully saturated rings. The first-order chi connectivity index (χ1) is 19.4. The fourth-order valence-electron chi connectivity index (χ4n) is 7.55. The van der Waals surface area contributed by atoms with Crippen LogP contribution in [0.15, 0.2) is 23.0 Å². The van der Waals surface area contributed by atoms with Crippen LogP contribution < -0.4 is 0 Å². The highest BCUT2D eigenvalue weighted by molar-refractivity contribution is 5.75. The van der Waals surface area contributed by atoms with Crippen molar-refractivity contribution in [2.24, 2.45) is 23.2 Å². The molecular weight excluding hydrogens is 544 g/mol. The van der Waals surface area contributed by atoms with Crippen LogP contribution in [0.3, 0.4) is 0 Å². The largest absolute Gasteiger partial charge is 0.472 e. The fraction of sp³-hybridized carbons (Fsp3) is 0.750. The van der Waals surface area contributed by atoms with Crippen molar-refractivity contribution in [2.45, 2.75) is 102 Å². The lowest BCUT2D eigenvalue weighted by Crippen LogP contribution is -2.65. The number of ether oxygens (including phenoxy) is 5. The maximum atomic E-state index is 13.4. The molecule has 13 atom stereocenters. The summed E-state index contributed by atoms with van der Waals surface area (Å²) in [6.45, 7) is 3.83. The van der Waals surface area contributed by atoms with E-state index in [1.165, 1.54) is 26.4 Å². The first kappa shape index (κ1) is 29.9. The van der Waals surface area contributed by atoms with Crippen LogP contribution in [0.5, 0.6) is 0 Å². The monoisotopic (exact) mass is 582 g/mol. The smallest absolute Gasteiger partial charge is 0.310 e. The molecule has 0 unspecified atom stereocenters. The Hall–Kier alpha value is -2.55. The van der Waals surface area contributed by atoms with E-state index in [1.54, 1.807) is 6.07 Å². The molecule has 3 heterocycles. The van der Waals surface area contributed by atoms with Crippen LogP contribution in [0.1, 0.15) is 58.1 Å². The zero-order valence-corrected chi connectivity index (χ0v) is 23.2. The van der Waals surface area contributed by atoms with E-state index in [0.717, 1.165) is 0 Å². The molecule has 1 aromatic rings. The Kier molecular flexibility index (Phi) is 8.48. The fourth-order valence-corrected chi connectivity index (χ4v) is 7.55. The summed E-state index contributed by atoms with van der Waals surface area (Å²) in [5, 5.41) is 40.9. The molecule has 13 heteroatoms. The molecule has 2 aliphatic heterocycles. The van der Waals surface area contributed by atoms with E-state index in [-0.39, 0.29) is 18.3 Å². The van der Waals surface area contributed by atoms with E-state index in [2.05, 4.69) is 0 Å². The normalized spacial score (nSPS) is 44.2. The Morgan fingerprint density at radius 3 is 2.41 bits per heavy atom. The number of hydrogen-bond acceptors (Lipinski definition) is 13. The maximum absolute atomic E-state index is 13.4. The number of rotatable bonds is 6. The van der Waals surface area contributed by atoms with Crippen molar-refractivity contribution < 1.29 is 62.9 Å². The third-order valence-electron chi connectivity index (χ3n) is 9.33. The van der Waals surface area contributed by atoms with E-state index in [0.29, 0.717) is 24.8 Å². The molecular formula is C28H38O13. The van der Waals surface area contributed by atoms with Crippen LogP contribution >= 0.6 is 0 Å². The van der Waals surface area contributed by atoms with Gasteiger partial charge in [0.2, 0.25) is 0 Å². The number of cyclic esters (lactones) is 1. The van der Waals surface area contributed by atoms with E-state index in [9.17, 15) is 34.8 Å². The standard InChI is InChI=1S/C28H38O13/c1-12(30)37-18-8-17(40-27-24(34)23(33)22(32)20(10-29)41-27)15-4-5-16-26(35)39-19(14-6-7-36-11-14)9-28(16,3)21(15)25(18)38-13(2)31/h6-7,11,15-25,27,29,32-34H,4-5,8-10H2,1-3H3/t15-,16+,17-,18+,19+,20-,21+,22-,23+,24-,25-,27+,28+/m1/s1. The van der Waals surface area contributed by atoms with Gasteiger partial charge in [-0.25, -0.2) is 0 Å². The zero-order chi connectivity index (χ0) is 29.6. The number of esters is 3. The average Bonchev–Trinajstić information content (AvgIpc) is 3.45. The molecule has 13 nitrogen and oxygen atoms in total. The van der Waals surface area contributed by atoms with Crippen molar-refractivity contribution in [2.75, 3.05) is 6.61 Å². The highest BCUT2D eigenvalue weighted by Gasteiger charge is 2.64. The first-order valence-corrected chi connectivity index (χ1v) is 14.0. The Bertz CT molecular complexity index is 1100. The molecule has 2 saturated heterocycles. The Labute approximate surface area is 236 Å². The molecule has 41 heavy (non-hydrogen) atoms. The second kappa shape index (κ2) is 11.6. The molecule has 2 saturated carbocycles. The summed E-state index contributed by atoms with van der Waals surface area (Å²) in [7, 11) is 0. The summed E-state index contributed by atoms with van der Waals surface area (Å²) in [5.41, 5.74) is -0.110. The van der Waals surface area contributed by atoms with E-state index in [1.807, 2.05) is 6.92 Å². The first-order valence-electron chi connectivity index (χ1n) is 14.0. The van der Waals surface area contributed by atoms with Crippen LogP contribution in [0.25, 0.3) is 0 Å². The second-order valence-corrected chi connectivity index (χ2v) is 11.8. The van der Waals surface area contributed by atoms with Crippen LogP contribution in [0.4, 0.5) is 0 Å². The minimum absolute atomic E-state index is 0.0735. The van der Waals surface area contributed by atoms with Crippen molar-refractivity contribution in [3.05, 3.63) is 24.2 Å². The van der Waals surface area contributed by atoms with Gasteiger partial charge in [0.25, 0.3) is 0 Å². The van der Waals surface area contributed by atoms with Gasteiger partial charge in [-0.15, -0.1) is 0 Å². The highest BCUT2D eigenvalue weighted by Crippen LogP contribution is 2.61. The predicted molar refractivity (Wildman–Crippen MR) is 134 cm³/mol. The molecule has 0 aromatic carbocycles. The summed E-state index contributed by atoms with van der Waals surface area (Å²) >= 11 is 0. The van der Waals surface area contributed by atoms with Gasteiger partial charge in [-0.05, 0) is 36.7 Å². The summed E-state index contributed by atoms with van der Waals surface area (Å²) < 4.78 is 34.4. The molecule has 0 bridgehead atoms. The molecule has 5 rings (SSSR count). The SMILES string of the molecule is CC(=O)O[C@H]1[C@@H]2[C@H](CC[C@H]3C(=O)O[C@H](c4ccoc4)C[C@]23C)[C@H](O[C@H]2O[C@H](CO)[C@@H](O)[C@H](O)[C@H]2O)C[C@@H]1OC(C)=O. The molecule has 4 N–H and O–H groups in total. The van der Waals surface area contributed by atoms with Crippen molar-refractivity contribution in [1.29, 1.82) is 0 Å². The van der Waals surface area contributed by atoms with Gasteiger partial charge < -0.3 is 48.5 Å². The number of carbonyl (C=O) groups is 3. The molecule has 228 valence electrons. The average molecular weight is 583 g/mol. The van der Waals surface area contributed by atoms with Gasteiger partial charge in [0.15, 0.2) is 6.29 Å². The van der Waals surface area contributed by atoms with Crippen molar-refractivity contribution in [3.8, 4) is 0 Å². The van der Waals surface area contributed by atoms with E-state index < -0.39 is 90.9 Å². The van der Waals surface area contributed by atoms with Gasteiger partial charge in [0, 0.05) is 31.7 Å². The molecule has 2 aliphatic carbocycles. The Balaban J connectivity index is 1.52. The lowest BCUT2D eigenvalue weighted by atomic mass is 9.49. The van der Waals surface area contributed by atoms with Crippen molar-refractivity contribution in [3.63, 3.8) is 0 Å². The number of fused-ring (bicyclic) bond motifs is 3. The summed E-state index contributed by atoms with van der Waals surface area (Å²) in [6.07, 6.45) is -6.25. The van der Waals surface area contributed by atoms with E-state index in [4.69, 9.17) is 28.1 Å². The Morgan fingerprint density at radius 2 is 1.78 bits per heavy atom. The third-order valence-corrected chi connectivity index (χ3v) is 9.33. The summed E-state index contributed by atoms with van der Waals surface area (Å²) in [5.74, 6) is -2.99. The minimum Gasteiger partial charge on any atom is -0.472 e. The number of carbonyl (C=O) groups excluding carboxylic acids is 3. The van der Waals surface area contributed by atoms with Gasteiger partial charge >= 0.3 is 17.9 Å². The lowest BCUT2D eigenvalue weighted by molar-refractivity contribution is -0.328. The van der Waals surface area contributed by atoms with Gasteiger partial charge in [-0.3, -0.25) is 14.4 Å². The lowest BCUT2D eigenvalue weighted by Gasteiger charge is -2.59. The number of furan rings is 1. The van der Waals surface area contributed by atoms with Crippen LogP contribution in [-0.4, -0.2) is 94.0 Å². The molecule has 0 spiro atoms. The topological polar surface area (TPSA) is 191 Å². The van der Waals surface area contributed by atoms with Gasteiger partial charge in [-0.1, -0.05) is 6.92 Å². The van der Waals surface area contributed by atoms with Crippen LogP contribution in [0.2, 0.25) is 0 Å². The quantitative estimate of drug-likeness (QED) is 0.266. The second-order valence-electron chi connectivity index (χ2n) is 11.8.